The minimum atomic E-state index is -0.527. The fourth-order valence-electron chi connectivity index (χ4n) is 3.36. The second-order valence-electron chi connectivity index (χ2n) is 7.29. The lowest BCUT2D eigenvalue weighted by Crippen LogP contribution is -2.41. The van der Waals surface area contributed by atoms with Gasteiger partial charge in [-0.2, -0.15) is 0 Å². The van der Waals surface area contributed by atoms with Gasteiger partial charge in [-0.05, 0) is 48.0 Å². The number of anilines is 1. The summed E-state index contributed by atoms with van der Waals surface area (Å²) in [6.45, 7) is -0.0337. The zero-order valence-electron chi connectivity index (χ0n) is 17.9. The molecule has 1 aliphatic heterocycles. The molecule has 0 fully saturated rings. The first-order valence-corrected chi connectivity index (χ1v) is 10.5. The average molecular weight is 480 g/mol. The number of aliphatic imine (C=N–C) groups is 1. The molecule has 0 aliphatic carbocycles. The molecule has 3 aromatic rings. The molecule has 0 bridgehead atoms. The molecule has 0 N–H and O–H groups in total. The van der Waals surface area contributed by atoms with Crippen molar-refractivity contribution in [1.29, 1.82) is 0 Å². The second-order valence-corrected chi connectivity index (χ2v) is 7.73. The lowest BCUT2D eigenvalue weighted by molar-refractivity contribution is -0.384. The van der Waals surface area contributed by atoms with Gasteiger partial charge in [0.1, 0.15) is 18.0 Å². The van der Waals surface area contributed by atoms with Gasteiger partial charge in [0.2, 0.25) is 0 Å². The van der Waals surface area contributed by atoms with Crippen molar-refractivity contribution in [3.63, 3.8) is 0 Å². The molecule has 4 rings (SSSR count). The molecule has 9 nitrogen and oxygen atoms in total. The highest BCUT2D eigenvalue weighted by Gasteiger charge is 2.27. The van der Waals surface area contributed by atoms with Gasteiger partial charge in [0, 0.05) is 22.7 Å². The average Bonchev–Trinajstić information content (AvgIpc) is 2.85. The summed E-state index contributed by atoms with van der Waals surface area (Å²) in [6, 6.07) is 17.2. The quantitative estimate of drug-likeness (QED) is 0.297. The van der Waals surface area contributed by atoms with Gasteiger partial charge in [-0.25, -0.2) is 4.99 Å². The van der Waals surface area contributed by atoms with Crippen molar-refractivity contribution in [1.82, 2.24) is 0 Å². The zero-order valence-corrected chi connectivity index (χ0v) is 18.7. The highest BCUT2D eigenvalue weighted by atomic mass is 35.5. The lowest BCUT2D eigenvalue weighted by Gasteiger charge is -2.27. The molecule has 1 amide bonds. The molecule has 0 saturated carbocycles. The minimum absolute atomic E-state index is 0.0337. The maximum Gasteiger partial charge on any atom is 0.309 e. The van der Waals surface area contributed by atoms with E-state index in [0.29, 0.717) is 27.6 Å². The Hall–Kier alpha value is -4.24. The largest absolute Gasteiger partial charge is 0.483 e. The zero-order chi connectivity index (χ0) is 24.2. The van der Waals surface area contributed by atoms with Crippen molar-refractivity contribution < 1.29 is 24.0 Å². The molecule has 1 aliphatic rings. The Labute approximate surface area is 199 Å². The predicted octanol–water partition coefficient (Wildman–Crippen LogP) is 4.73. The van der Waals surface area contributed by atoms with E-state index in [4.69, 9.17) is 21.1 Å². The summed E-state index contributed by atoms with van der Waals surface area (Å²) < 4.78 is 10.4. The van der Waals surface area contributed by atoms with Gasteiger partial charge in [-0.3, -0.25) is 24.6 Å². The first-order valence-electron chi connectivity index (χ1n) is 10.1. The van der Waals surface area contributed by atoms with Gasteiger partial charge in [0.05, 0.1) is 24.1 Å². The molecule has 0 saturated heterocycles. The van der Waals surface area contributed by atoms with Gasteiger partial charge < -0.3 is 9.47 Å². The van der Waals surface area contributed by atoms with Gasteiger partial charge in [-0.1, -0.05) is 23.7 Å². The van der Waals surface area contributed by atoms with Crippen molar-refractivity contribution in [2.75, 3.05) is 18.6 Å². The van der Waals surface area contributed by atoms with Crippen molar-refractivity contribution in [3.05, 3.63) is 93.0 Å². The number of halogens is 1. The number of nitro groups is 1. The number of non-ortho nitro benzene ring substituents is 1. The molecule has 10 heteroatoms. The highest BCUT2D eigenvalue weighted by Crippen LogP contribution is 2.35. The highest BCUT2D eigenvalue weighted by molar-refractivity contribution is 6.31. The molecule has 0 atom stereocenters. The Bertz CT molecular complexity index is 1290. The summed E-state index contributed by atoms with van der Waals surface area (Å²) in [6.07, 6.45) is 0.0863. The van der Waals surface area contributed by atoms with Gasteiger partial charge in [0.15, 0.2) is 5.84 Å². The third-order valence-corrected chi connectivity index (χ3v) is 5.33. The van der Waals surface area contributed by atoms with Crippen molar-refractivity contribution in [2.45, 2.75) is 6.42 Å². The van der Waals surface area contributed by atoms with E-state index >= 15 is 0 Å². The number of rotatable bonds is 5. The number of amidine groups is 1. The number of benzene rings is 3. The van der Waals surface area contributed by atoms with Crippen LogP contribution in [-0.4, -0.2) is 36.4 Å². The monoisotopic (exact) mass is 479 g/mol. The van der Waals surface area contributed by atoms with Crippen LogP contribution in [-0.2, 0) is 16.0 Å². The number of carbonyl (C=O) groups excluding carboxylic acids is 2. The maximum atomic E-state index is 13.5. The Morgan fingerprint density at radius 1 is 1.12 bits per heavy atom. The van der Waals surface area contributed by atoms with Crippen molar-refractivity contribution in [2.24, 2.45) is 4.99 Å². The van der Waals surface area contributed by atoms with Crippen LogP contribution in [0, 0.1) is 10.1 Å². The van der Waals surface area contributed by atoms with Gasteiger partial charge in [-0.15, -0.1) is 0 Å². The van der Waals surface area contributed by atoms with Gasteiger partial charge in [0.25, 0.3) is 11.6 Å². The van der Waals surface area contributed by atoms with E-state index in [1.165, 1.54) is 30.2 Å². The molecule has 0 radical (unpaired) electrons. The summed E-state index contributed by atoms with van der Waals surface area (Å²) in [4.78, 5) is 41.6. The summed E-state index contributed by atoms with van der Waals surface area (Å²) in [5, 5.41) is 11.7. The summed E-state index contributed by atoms with van der Waals surface area (Å²) in [5.41, 5.74) is 1.64. The van der Waals surface area contributed by atoms with E-state index < -0.39 is 10.8 Å². The molecule has 3 aromatic carbocycles. The first-order chi connectivity index (χ1) is 16.4. The summed E-state index contributed by atoms with van der Waals surface area (Å²) in [7, 11) is 1.31. The maximum absolute atomic E-state index is 13.5. The Morgan fingerprint density at radius 3 is 2.47 bits per heavy atom. The number of methoxy groups -OCH3 is 1. The van der Waals surface area contributed by atoms with Crippen LogP contribution < -0.4 is 9.64 Å². The molecule has 0 spiro atoms. The molecule has 0 aromatic heterocycles. The number of carbonyl (C=O) groups is 2. The first kappa shape index (κ1) is 22.9. The van der Waals surface area contributed by atoms with Crippen LogP contribution in [0.15, 0.2) is 71.7 Å². The van der Waals surface area contributed by atoms with E-state index in [1.54, 1.807) is 48.5 Å². The van der Waals surface area contributed by atoms with Crippen molar-refractivity contribution >= 4 is 46.4 Å². The molecular formula is C24H18ClN3O6. The van der Waals surface area contributed by atoms with Crippen LogP contribution >= 0.6 is 11.6 Å². The fourth-order valence-corrected chi connectivity index (χ4v) is 3.49. The smallest absolute Gasteiger partial charge is 0.309 e. The number of amides is 1. The Morgan fingerprint density at radius 2 is 1.82 bits per heavy atom. The van der Waals surface area contributed by atoms with Gasteiger partial charge >= 0.3 is 5.97 Å². The number of nitro benzene ring substituents is 1. The Balaban J connectivity index is 1.76. The number of hydrogen-bond acceptors (Lipinski definition) is 7. The van der Waals surface area contributed by atoms with E-state index in [9.17, 15) is 19.7 Å². The van der Waals surface area contributed by atoms with Crippen LogP contribution in [0.5, 0.6) is 5.75 Å². The van der Waals surface area contributed by atoms with E-state index in [1.807, 2.05) is 0 Å². The standard InChI is InChI=1S/C24H18ClN3O6/c1-33-23(29)12-15-2-8-18(9-3-15)27(24(30)16-4-6-17(25)7-5-16)22-14-34-21-11-10-19(28(31)32)13-20(21)26-22/h2-11,13H,12,14H2,1H3. The second kappa shape index (κ2) is 9.72. The minimum Gasteiger partial charge on any atom is -0.483 e. The molecule has 172 valence electrons. The third kappa shape index (κ3) is 4.89. The van der Waals surface area contributed by atoms with Crippen LogP contribution in [0.4, 0.5) is 17.1 Å². The molecule has 1 heterocycles. The molecule has 0 unspecified atom stereocenters. The number of nitrogens with zero attached hydrogens (tertiary/aromatic N) is 3. The molecule has 34 heavy (non-hydrogen) atoms. The Kier molecular flexibility index (Phi) is 6.55. The SMILES string of the molecule is COC(=O)Cc1ccc(N(C(=O)c2ccc(Cl)cc2)C2=Nc3cc([N+](=O)[O-])ccc3OC2)cc1. The lowest BCUT2D eigenvalue weighted by atomic mass is 10.1. The summed E-state index contributed by atoms with van der Waals surface area (Å²) in [5.74, 6) is -0.158. The van der Waals surface area contributed by atoms with E-state index in [2.05, 4.69) is 4.99 Å². The third-order valence-electron chi connectivity index (χ3n) is 5.08. The predicted molar refractivity (Wildman–Crippen MR) is 126 cm³/mol. The van der Waals surface area contributed by atoms with Crippen LogP contribution in [0.25, 0.3) is 0 Å². The topological polar surface area (TPSA) is 111 Å². The van der Waals surface area contributed by atoms with E-state index in [-0.39, 0.29) is 36.2 Å². The van der Waals surface area contributed by atoms with Crippen LogP contribution in [0.3, 0.4) is 0 Å². The van der Waals surface area contributed by atoms with Crippen LogP contribution in [0.2, 0.25) is 5.02 Å². The van der Waals surface area contributed by atoms with E-state index in [0.717, 1.165) is 0 Å². The number of esters is 1. The number of ether oxygens (including phenoxy) is 2. The summed E-state index contributed by atoms with van der Waals surface area (Å²) >= 11 is 5.97. The van der Waals surface area contributed by atoms with Crippen LogP contribution in [0.1, 0.15) is 15.9 Å². The normalized spacial score (nSPS) is 12.1. The number of hydrogen-bond donors (Lipinski definition) is 0. The fraction of sp³-hybridized carbons (Fsp3) is 0.125. The van der Waals surface area contributed by atoms with Crippen molar-refractivity contribution in [3.8, 4) is 5.75 Å². The number of fused-ring (bicyclic) bond motifs is 1. The molecular weight excluding hydrogens is 462 g/mol.